The second-order valence-corrected chi connectivity index (χ2v) is 8.31. The number of urea groups is 1. The molecule has 0 aliphatic carbocycles. The molecule has 0 aromatic heterocycles. The molecule has 1 atom stereocenters. The molecular formula is C24H27ClN4O4. The Labute approximate surface area is 198 Å². The van der Waals surface area contributed by atoms with E-state index in [4.69, 9.17) is 21.1 Å². The highest BCUT2D eigenvalue weighted by molar-refractivity contribution is 6.31. The fourth-order valence-electron chi connectivity index (χ4n) is 4.23. The molecule has 8 nitrogen and oxygen atoms in total. The Bertz CT molecular complexity index is 1070. The number of carbonyl (C=O) groups excluding carboxylic acids is 2. The van der Waals surface area contributed by atoms with E-state index in [2.05, 4.69) is 26.5 Å². The summed E-state index contributed by atoms with van der Waals surface area (Å²) in [6.45, 7) is 3.59. The fraction of sp³-hybridized carbons (Fsp3) is 0.333. The molecule has 2 heterocycles. The van der Waals surface area contributed by atoms with Crippen LogP contribution in [0.2, 0.25) is 5.02 Å². The van der Waals surface area contributed by atoms with E-state index in [0.717, 1.165) is 37.6 Å². The van der Waals surface area contributed by atoms with Crippen molar-refractivity contribution in [1.29, 1.82) is 0 Å². The smallest absolute Gasteiger partial charge is 0.338 e. The van der Waals surface area contributed by atoms with Gasteiger partial charge in [0, 0.05) is 55.2 Å². The zero-order valence-corrected chi connectivity index (χ0v) is 19.4. The Kier molecular flexibility index (Phi) is 7.05. The average molecular weight is 471 g/mol. The summed E-state index contributed by atoms with van der Waals surface area (Å²) in [5.41, 5.74) is 2.65. The molecule has 2 amide bonds. The van der Waals surface area contributed by atoms with E-state index in [9.17, 15) is 9.59 Å². The van der Waals surface area contributed by atoms with Crippen molar-refractivity contribution in [3.05, 3.63) is 70.4 Å². The highest BCUT2D eigenvalue weighted by Gasteiger charge is 2.35. The van der Waals surface area contributed by atoms with Crippen LogP contribution in [0.1, 0.15) is 11.6 Å². The summed E-state index contributed by atoms with van der Waals surface area (Å²) >= 11 is 6.38. The molecule has 2 aromatic rings. The molecule has 2 aromatic carbocycles. The van der Waals surface area contributed by atoms with Crippen LogP contribution < -0.4 is 20.3 Å². The summed E-state index contributed by atoms with van der Waals surface area (Å²) in [4.78, 5) is 29.7. The minimum atomic E-state index is -0.687. The number of benzene rings is 2. The summed E-state index contributed by atoms with van der Waals surface area (Å²) < 4.78 is 10.4. The third-order valence-electron chi connectivity index (χ3n) is 5.95. The number of carbonyl (C=O) groups is 2. The summed E-state index contributed by atoms with van der Waals surface area (Å²) in [7, 11) is 2.99. The van der Waals surface area contributed by atoms with E-state index in [-0.39, 0.29) is 6.03 Å². The van der Waals surface area contributed by atoms with Gasteiger partial charge in [-0.25, -0.2) is 9.59 Å². The van der Waals surface area contributed by atoms with Crippen molar-refractivity contribution >= 4 is 29.3 Å². The maximum absolute atomic E-state index is 12.8. The van der Waals surface area contributed by atoms with Gasteiger partial charge in [-0.15, -0.1) is 0 Å². The molecule has 2 aliphatic heterocycles. The minimum Gasteiger partial charge on any atom is -0.497 e. The number of hydrogen-bond acceptors (Lipinski definition) is 6. The molecule has 4 rings (SSSR count). The van der Waals surface area contributed by atoms with Crippen LogP contribution in [-0.4, -0.2) is 63.8 Å². The van der Waals surface area contributed by atoms with Gasteiger partial charge in [0.1, 0.15) is 5.75 Å². The van der Waals surface area contributed by atoms with Gasteiger partial charge < -0.3 is 25.0 Å². The summed E-state index contributed by atoms with van der Waals surface area (Å²) in [5, 5.41) is 6.10. The first kappa shape index (κ1) is 22.9. The zero-order valence-electron chi connectivity index (χ0n) is 18.6. The Morgan fingerprint density at radius 1 is 1.09 bits per heavy atom. The van der Waals surface area contributed by atoms with Gasteiger partial charge in [-0.3, -0.25) is 4.90 Å². The molecule has 0 radical (unpaired) electrons. The van der Waals surface area contributed by atoms with Crippen LogP contribution in [0.3, 0.4) is 0 Å². The number of hydrogen-bond donors (Lipinski definition) is 2. The molecule has 9 heteroatoms. The van der Waals surface area contributed by atoms with Crippen molar-refractivity contribution in [1.82, 2.24) is 15.5 Å². The number of esters is 1. The number of ether oxygens (including phenoxy) is 2. The van der Waals surface area contributed by atoms with E-state index < -0.39 is 12.0 Å². The molecule has 0 bridgehead atoms. The summed E-state index contributed by atoms with van der Waals surface area (Å²) in [6, 6.07) is 14.1. The van der Waals surface area contributed by atoms with Crippen LogP contribution in [0.5, 0.6) is 5.75 Å². The lowest BCUT2D eigenvalue weighted by Crippen LogP contribution is -2.51. The first-order chi connectivity index (χ1) is 16.0. The van der Waals surface area contributed by atoms with Crippen molar-refractivity contribution in [2.45, 2.75) is 6.04 Å². The van der Waals surface area contributed by atoms with Gasteiger partial charge in [-0.1, -0.05) is 35.9 Å². The Hall–Kier alpha value is -3.23. The number of nitrogens with zero attached hydrogens (tertiary/aromatic N) is 2. The number of halogens is 1. The maximum Gasteiger partial charge on any atom is 0.338 e. The van der Waals surface area contributed by atoms with Crippen LogP contribution in [0.25, 0.3) is 0 Å². The van der Waals surface area contributed by atoms with E-state index in [1.165, 1.54) is 7.11 Å². The SMILES string of the molecule is COC(=O)C1=C(CN2CCN(c3cccc(OC)c3)CC2)NC(=O)N[C@@H]1c1ccccc1Cl. The molecular weight excluding hydrogens is 444 g/mol. The predicted octanol–water partition coefficient (Wildman–Crippen LogP) is 2.95. The zero-order chi connectivity index (χ0) is 23.4. The van der Waals surface area contributed by atoms with Crippen LogP contribution >= 0.6 is 11.6 Å². The van der Waals surface area contributed by atoms with Crippen molar-refractivity contribution in [2.24, 2.45) is 0 Å². The topological polar surface area (TPSA) is 83.1 Å². The number of piperazine rings is 1. The lowest BCUT2D eigenvalue weighted by atomic mass is 9.95. The van der Waals surface area contributed by atoms with Gasteiger partial charge in [-0.05, 0) is 23.8 Å². The molecule has 1 fully saturated rings. The molecule has 2 N–H and O–H groups in total. The highest BCUT2D eigenvalue weighted by atomic mass is 35.5. The number of rotatable bonds is 6. The van der Waals surface area contributed by atoms with Gasteiger partial charge in [-0.2, -0.15) is 0 Å². The van der Waals surface area contributed by atoms with Gasteiger partial charge in [0.25, 0.3) is 0 Å². The van der Waals surface area contributed by atoms with Crippen molar-refractivity contribution in [2.75, 3.05) is 51.8 Å². The van der Waals surface area contributed by atoms with Crippen molar-refractivity contribution in [3.63, 3.8) is 0 Å². The van der Waals surface area contributed by atoms with Gasteiger partial charge >= 0.3 is 12.0 Å². The molecule has 0 unspecified atom stereocenters. The third kappa shape index (κ3) is 5.07. The fourth-order valence-corrected chi connectivity index (χ4v) is 4.48. The lowest BCUT2D eigenvalue weighted by molar-refractivity contribution is -0.136. The van der Waals surface area contributed by atoms with Crippen LogP contribution in [0.15, 0.2) is 59.8 Å². The number of nitrogens with one attached hydrogen (secondary N) is 2. The quantitative estimate of drug-likeness (QED) is 0.632. The van der Waals surface area contributed by atoms with Gasteiger partial charge in [0.15, 0.2) is 0 Å². The Morgan fingerprint density at radius 2 is 1.85 bits per heavy atom. The minimum absolute atomic E-state index is 0.362. The monoisotopic (exact) mass is 470 g/mol. The maximum atomic E-state index is 12.8. The first-order valence-corrected chi connectivity index (χ1v) is 11.1. The Morgan fingerprint density at radius 3 is 2.55 bits per heavy atom. The molecule has 2 aliphatic rings. The van der Waals surface area contributed by atoms with Crippen LogP contribution in [0.4, 0.5) is 10.5 Å². The van der Waals surface area contributed by atoms with Gasteiger partial charge in [0.2, 0.25) is 0 Å². The largest absolute Gasteiger partial charge is 0.497 e. The van der Waals surface area contributed by atoms with E-state index >= 15 is 0 Å². The normalized spacial score (nSPS) is 19.1. The second-order valence-electron chi connectivity index (χ2n) is 7.90. The number of amides is 2. The van der Waals surface area contributed by atoms with Crippen molar-refractivity contribution in [3.8, 4) is 5.75 Å². The lowest BCUT2D eigenvalue weighted by Gasteiger charge is -2.38. The average Bonchev–Trinajstić information content (AvgIpc) is 2.84. The van der Waals surface area contributed by atoms with E-state index in [0.29, 0.717) is 28.4 Å². The number of anilines is 1. The third-order valence-corrected chi connectivity index (χ3v) is 6.29. The predicted molar refractivity (Wildman–Crippen MR) is 127 cm³/mol. The van der Waals surface area contributed by atoms with Crippen LogP contribution in [0, 0.1) is 0 Å². The van der Waals surface area contributed by atoms with Crippen molar-refractivity contribution < 1.29 is 19.1 Å². The molecule has 174 valence electrons. The first-order valence-electron chi connectivity index (χ1n) is 10.7. The van der Waals surface area contributed by atoms with E-state index in [1.54, 1.807) is 25.3 Å². The highest BCUT2D eigenvalue weighted by Crippen LogP contribution is 2.32. The van der Waals surface area contributed by atoms with Gasteiger partial charge in [0.05, 0.1) is 25.8 Å². The summed E-state index contributed by atoms with van der Waals surface area (Å²) in [5.74, 6) is 0.322. The Balaban J connectivity index is 1.54. The number of methoxy groups -OCH3 is 2. The standard InChI is InChI=1S/C24H27ClN4O4/c1-32-17-7-5-6-16(14-17)29-12-10-28(11-13-29)15-20-21(23(30)33-2)22(27-24(31)26-20)18-8-3-4-9-19(18)25/h3-9,14,22H,10-13,15H2,1-2H3,(H2,26,27,31)/t22-/m1/s1. The molecule has 0 saturated carbocycles. The molecule has 1 saturated heterocycles. The van der Waals surface area contributed by atoms with Crippen LogP contribution in [-0.2, 0) is 9.53 Å². The summed E-state index contributed by atoms with van der Waals surface area (Å²) in [6.07, 6.45) is 0. The molecule has 0 spiro atoms. The van der Waals surface area contributed by atoms with E-state index in [1.807, 2.05) is 24.3 Å². The molecule has 33 heavy (non-hydrogen) atoms. The second kappa shape index (κ2) is 10.1.